The molecule has 1 unspecified atom stereocenters. The van der Waals surface area contributed by atoms with E-state index in [9.17, 15) is 9.59 Å². The van der Waals surface area contributed by atoms with Crippen LogP contribution in [0.1, 0.15) is 51.2 Å². The molecule has 2 amide bonds. The Labute approximate surface area is 236 Å². The third kappa shape index (κ3) is 4.72. The summed E-state index contributed by atoms with van der Waals surface area (Å²) in [4.78, 5) is 37.5. The van der Waals surface area contributed by atoms with Gasteiger partial charge in [0.1, 0.15) is 11.1 Å². The second-order valence-corrected chi connectivity index (χ2v) is 12.8. The number of carbonyl (C=O) groups is 2. The van der Waals surface area contributed by atoms with Gasteiger partial charge in [-0.2, -0.15) is 5.26 Å². The molecule has 1 atom stereocenters. The quantitative estimate of drug-likeness (QED) is 0.548. The van der Waals surface area contributed by atoms with Crippen molar-refractivity contribution in [2.24, 2.45) is 0 Å². The molecule has 3 aliphatic rings. The average Bonchev–Trinajstić information content (AvgIpc) is 3.10. The van der Waals surface area contributed by atoms with Crippen molar-refractivity contribution in [3.63, 3.8) is 0 Å². The fourth-order valence-corrected chi connectivity index (χ4v) is 6.32. The van der Waals surface area contributed by atoms with Crippen LogP contribution in [0.3, 0.4) is 0 Å². The Hall–Kier alpha value is -2.97. The van der Waals surface area contributed by atoms with Crippen LogP contribution in [-0.2, 0) is 21.4 Å². The van der Waals surface area contributed by atoms with Crippen molar-refractivity contribution >= 4 is 50.3 Å². The second kappa shape index (κ2) is 9.89. The normalized spacial score (nSPS) is 21.3. The van der Waals surface area contributed by atoms with Gasteiger partial charge in [-0.3, -0.25) is 4.79 Å². The molecule has 5 rings (SSSR count). The van der Waals surface area contributed by atoms with Crippen LogP contribution >= 0.6 is 15.9 Å². The third-order valence-electron chi connectivity index (χ3n) is 7.91. The van der Waals surface area contributed by atoms with Gasteiger partial charge in [0, 0.05) is 49.6 Å². The van der Waals surface area contributed by atoms with E-state index in [1.54, 1.807) is 4.90 Å². The fraction of sp³-hybridized carbons (Fsp3) is 0.571. The molecule has 1 aromatic carbocycles. The molecule has 0 aliphatic carbocycles. The Morgan fingerprint density at radius 3 is 2.74 bits per heavy atom. The summed E-state index contributed by atoms with van der Waals surface area (Å²) in [5, 5.41) is 12.8. The molecule has 2 aromatic rings. The van der Waals surface area contributed by atoms with E-state index in [1.165, 1.54) is 0 Å². The molecule has 3 aliphatic heterocycles. The number of likely N-dealkylation sites (N-methyl/N-ethyl adjacent to an activating group) is 1. The van der Waals surface area contributed by atoms with Gasteiger partial charge in [-0.15, -0.1) is 0 Å². The van der Waals surface area contributed by atoms with E-state index in [1.807, 2.05) is 40.9 Å². The van der Waals surface area contributed by atoms with Crippen molar-refractivity contribution in [1.29, 1.82) is 5.26 Å². The van der Waals surface area contributed by atoms with Crippen LogP contribution in [0.5, 0.6) is 0 Å². The molecule has 2 fully saturated rings. The summed E-state index contributed by atoms with van der Waals surface area (Å²) in [6, 6.07) is 4.30. The molecule has 0 saturated carbocycles. The lowest BCUT2D eigenvalue weighted by molar-refractivity contribution is -0.122. The number of benzene rings is 1. The van der Waals surface area contributed by atoms with Crippen molar-refractivity contribution in [2.45, 2.75) is 63.5 Å². The number of anilines is 2. The van der Waals surface area contributed by atoms with E-state index in [-0.39, 0.29) is 28.9 Å². The minimum Gasteiger partial charge on any atom is -0.444 e. The first-order chi connectivity index (χ1) is 18.4. The summed E-state index contributed by atoms with van der Waals surface area (Å²) in [7, 11) is 4.04. The smallest absolute Gasteiger partial charge is 0.410 e. The maximum absolute atomic E-state index is 16.0. The minimum absolute atomic E-state index is 0.130. The molecule has 0 radical (unpaired) electrons. The summed E-state index contributed by atoms with van der Waals surface area (Å²) >= 11 is 3.39. The lowest BCUT2D eigenvalue weighted by atomic mass is 9.73. The van der Waals surface area contributed by atoms with Crippen LogP contribution in [0, 0.1) is 17.1 Å². The van der Waals surface area contributed by atoms with E-state index in [0.717, 1.165) is 0 Å². The molecule has 39 heavy (non-hydrogen) atoms. The number of hydrogen-bond donors (Lipinski definition) is 1. The number of nitriles is 1. The van der Waals surface area contributed by atoms with Gasteiger partial charge >= 0.3 is 6.09 Å². The number of likely N-dealkylation sites (tertiary alicyclic amines) is 1. The molecule has 1 aromatic heterocycles. The van der Waals surface area contributed by atoms with Crippen LogP contribution in [0.4, 0.5) is 20.7 Å². The number of halogens is 2. The summed E-state index contributed by atoms with van der Waals surface area (Å²) in [6.07, 6.45) is 1.22. The van der Waals surface area contributed by atoms with Gasteiger partial charge in [0.05, 0.1) is 21.6 Å². The van der Waals surface area contributed by atoms with Crippen LogP contribution in [0.2, 0.25) is 0 Å². The van der Waals surface area contributed by atoms with Gasteiger partial charge < -0.3 is 24.8 Å². The number of ether oxygens (including phenoxy) is 1. The fourth-order valence-electron chi connectivity index (χ4n) is 5.82. The van der Waals surface area contributed by atoms with Crippen LogP contribution < -0.4 is 10.2 Å². The van der Waals surface area contributed by atoms with Gasteiger partial charge in [-0.1, -0.05) is 0 Å². The molecule has 4 heterocycles. The van der Waals surface area contributed by atoms with Crippen LogP contribution in [0.25, 0.3) is 10.9 Å². The zero-order valence-electron chi connectivity index (χ0n) is 23.0. The standard InChI is InChI=1S/C28H34BrFN6O3/c1-27(2,3)39-26(38)35-11-7-9-28(15-35)19-18-12-16(8-6-10-31)20(29)21(30)22(18)32-24(23(19)33-25(28)37)36-13-17(14-36)34(4)5/h12,17H,6-9,11,13-15H2,1-5H3,(H,33,37). The molecule has 9 nitrogen and oxygen atoms in total. The first-order valence-electron chi connectivity index (χ1n) is 13.3. The highest BCUT2D eigenvalue weighted by molar-refractivity contribution is 9.10. The summed E-state index contributed by atoms with van der Waals surface area (Å²) in [5.41, 5.74) is 0.341. The monoisotopic (exact) mass is 600 g/mol. The first kappa shape index (κ1) is 27.6. The Morgan fingerprint density at radius 1 is 1.38 bits per heavy atom. The van der Waals surface area contributed by atoms with E-state index in [2.05, 4.69) is 37.1 Å². The number of aryl methyl sites for hydroxylation is 1. The van der Waals surface area contributed by atoms with Crippen molar-refractivity contribution in [3.05, 3.63) is 27.5 Å². The van der Waals surface area contributed by atoms with Crippen LogP contribution in [0.15, 0.2) is 10.5 Å². The molecule has 1 N–H and O–H groups in total. The number of nitrogens with one attached hydrogen (secondary N) is 1. The highest BCUT2D eigenvalue weighted by Crippen LogP contribution is 2.51. The number of fused-ring (bicyclic) bond motifs is 4. The number of hydrogen-bond acceptors (Lipinski definition) is 7. The predicted molar refractivity (Wildman–Crippen MR) is 150 cm³/mol. The maximum Gasteiger partial charge on any atom is 0.410 e. The Morgan fingerprint density at radius 2 is 2.10 bits per heavy atom. The Bertz CT molecular complexity index is 1390. The summed E-state index contributed by atoms with van der Waals surface area (Å²) in [5.74, 6) is -0.179. The number of nitrogens with zero attached hydrogens (tertiary/aromatic N) is 5. The highest BCUT2D eigenvalue weighted by atomic mass is 79.9. The number of piperidine rings is 1. The van der Waals surface area contributed by atoms with Crippen molar-refractivity contribution in [3.8, 4) is 6.07 Å². The van der Waals surface area contributed by atoms with Gasteiger partial charge in [0.15, 0.2) is 11.6 Å². The Balaban J connectivity index is 1.69. The minimum atomic E-state index is -1.07. The molecule has 2 saturated heterocycles. The summed E-state index contributed by atoms with van der Waals surface area (Å²) in [6.45, 7) is 7.44. The van der Waals surface area contributed by atoms with E-state index in [4.69, 9.17) is 15.0 Å². The van der Waals surface area contributed by atoms with E-state index >= 15 is 4.39 Å². The SMILES string of the molecule is CN(C)C1CN(c2nc3c(F)c(Br)c(CCC#N)cc3c3c2NC(=O)C32CCCN(C(=O)OC(C)(C)C)C2)C1. The Kier molecular flexibility index (Phi) is 7.00. The summed E-state index contributed by atoms with van der Waals surface area (Å²) < 4.78 is 21.9. The lowest BCUT2D eigenvalue weighted by Gasteiger charge is -2.44. The molecular formula is C28H34BrFN6O3. The van der Waals surface area contributed by atoms with Crippen molar-refractivity contribution < 1.29 is 18.7 Å². The lowest BCUT2D eigenvalue weighted by Crippen LogP contribution is -2.57. The molecule has 11 heteroatoms. The van der Waals surface area contributed by atoms with Gasteiger partial charge in [-0.05, 0) is 81.7 Å². The van der Waals surface area contributed by atoms with Gasteiger partial charge in [0.2, 0.25) is 5.91 Å². The van der Waals surface area contributed by atoms with Crippen molar-refractivity contribution in [2.75, 3.05) is 50.5 Å². The molecule has 0 bridgehead atoms. The second-order valence-electron chi connectivity index (χ2n) is 12.0. The molecular weight excluding hydrogens is 567 g/mol. The highest BCUT2D eigenvalue weighted by Gasteiger charge is 2.53. The number of aromatic nitrogens is 1. The predicted octanol–water partition coefficient (Wildman–Crippen LogP) is 4.56. The number of amides is 2. The van der Waals surface area contributed by atoms with Crippen molar-refractivity contribution in [1.82, 2.24) is 14.8 Å². The third-order valence-corrected chi connectivity index (χ3v) is 8.77. The zero-order valence-corrected chi connectivity index (χ0v) is 24.6. The van der Waals surface area contributed by atoms with Crippen LogP contribution in [-0.4, -0.2) is 78.7 Å². The zero-order chi connectivity index (χ0) is 28.3. The average molecular weight is 602 g/mol. The molecule has 1 spiro atoms. The number of pyridine rings is 1. The maximum atomic E-state index is 16.0. The van der Waals surface area contributed by atoms with E-state index < -0.39 is 22.9 Å². The first-order valence-corrected chi connectivity index (χ1v) is 14.1. The van der Waals surface area contributed by atoms with Gasteiger partial charge in [0.25, 0.3) is 0 Å². The number of carbonyl (C=O) groups excluding carboxylic acids is 2. The van der Waals surface area contributed by atoms with E-state index in [0.29, 0.717) is 73.0 Å². The molecule has 208 valence electrons. The van der Waals surface area contributed by atoms with Gasteiger partial charge in [-0.25, -0.2) is 14.2 Å². The largest absolute Gasteiger partial charge is 0.444 e. The topological polar surface area (TPSA) is 102 Å². The number of rotatable bonds is 4.